The van der Waals surface area contributed by atoms with Gasteiger partial charge in [0.1, 0.15) is 0 Å². The Balaban J connectivity index is 1.73. The van der Waals surface area contributed by atoms with Crippen molar-refractivity contribution in [2.24, 2.45) is 0 Å². The highest BCUT2D eigenvalue weighted by molar-refractivity contribution is 9.10. The second-order valence-electron chi connectivity index (χ2n) is 5.35. The zero-order valence-electron chi connectivity index (χ0n) is 13.9. The van der Waals surface area contributed by atoms with Gasteiger partial charge in [-0.25, -0.2) is 0 Å². The summed E-state index contributed by atoms with van der Waals surface area (Å²) in [5, 5.41) is 11.4. The quantitative estimate of drug-likeness (QED) is 0.601. The Kier molecular flexibility index (Phi) is 5.85. The zero-order chi connectivity index (χ0) is 18.5. The van der Waals surface area contributed by atoms with Crippen LogP contribution in [0.2, 0.25) is 5.02 Å². The molecule has 0 aliphatic heterocycles. The summed E-state index contributed by atoms with van der Waals surface area (Å²) in [6.45, 7) is 2.44. The number of hydrogen-bond donors (Lipinski definition) is 1. The normalized spacial score (nSPS) is 10.4. The van der Waals surface area contributed by atoms with Gasteiger partial charge < -0.3 is 10.1 Å². The molecule has 0 fully saturated rings. The number of hydrogen-bond acceptors (Lipinski definition) is 4. The van der Waals surface area contributed by atoms with Crippen LogP contribution in [0.15, 0.2) is 59.1 Å². The van der Waals surface area contributed by atoms with Gasteiger partial charge in [-0.1, -0.05) is 39.7 Å². The third kappa shape index (κ3) is 4.39. The minimum atomic E-state index is -0.273. The number of rotatable bonds is 5. The smallest absolute Gasteiger partial charge is 0.257 e. The summed E-state index contributed by atoms with van der Waals surface area (Å²) in [5.41, 5.74) is 2.68. The van der Waals surface area contributed by atoms with Crippen LogP contribution in [0.5, 0.6) is 5.88 Å². The molecule has 3 aromatic rings. The molecule has 1 amide bonds. The summed E-state index contributed by atoms with van der Waals surface area (Å²) >= 11 is 9.43. The number of amides is 1. The van der Waals surface area contributed by atoms with Gasteiger partial charge in [-0.05, 0) is 43.3 Å². The minimum absolute atomic E-state index is 0.273. The minimum Gasteiger partial charge on any atom is -0.477 e. The maximum Gasteiger partial charge on any atom is 0.257 e. The molecule has 3 rings (SSSR count). The third-order valence-corrected chi connectivity index (χ3v) is 4.37. The molecule has 5 nitrogen and oxygen atoms in total. The standard InChI is InChI=1S/C19H15BrClN3O2/c1-2-26-18-10-9-17(23-24-18)12-3-6-14(7-4-12)22-19(25)15-11-13(20)5-8-16(15)21/h3-11H,2H2,1H3,(H,22,25). The second kappa shape index (κ2) is 8.29. The molecule has 0 unspecified atom stereocenters. The third-order valence-electron chi connectivity index (χ3n) is 3.54. The van der Waals surface area contributed by atoms with Crippen molar-refractivity contribution in [3.63, 3.8) is 0 Å². The van der Waals surface area contributed by atoms with Crippen LogP contribution in [0.25, 0.3) is 11.3 Å². The largest absolute Gasteiger partial charge is 0.477 e. The van der Waals surface area contributed by atoms with Gasteiger partial charge in [0, 0.05) is 21.8 Å². The van der Waals surface area contributed by atoms with Crippen LogP contribution in [-0.4, -0.2) is 22.7 Å². The number of anilines is 1. The van der Waals surface area contributed by atoms with E-state index in [1.807, 2.05) is 25.1 Å². The van der Waals surface area contributed by atoms with Gasteiger partial charge in [-0.15, -0.1) is 10.2 Å². The Morgan fingerprint density at radius 2 is 1.88 bits per heavy atom. The molecule has 1 aromatic heterocycles. The molecule has 0 spiro atoms. The van der Waals surface area contributed by atoms with E-state index in [1.165, 1.54) is 0 Å². The molecule has 1 N–H and O–H groups in total. The average Bonchev–Trinajstić information content (AvgIpc) is 2.65. The molecule has 0 bridgehead atoms. The summed E-state index contributed by atoms with van der Waals surface area (Å²) in [5.74, 6) is 0.218. The Bertz CT molecular complexity index is 915. The van der Waals surface area contributed by atoms with Crippen molar-refractivity contribution < 1.29 is 9.53 Å². The highest BCUT2D eigenvalue weighted by atomic mass is 79.9. The van der Waals surface area contributed by atoms with Crippen molar-refractivity contribution in [3.8, 4) is 17.1 Å². The van der Waals surface area contributed by atoms with E-state index in [0.717, 1.165) is 15.7 Å². The molecular weight excluding hydrogens is 418 g/mol. The van der Waals surface area contributed by atoms with Gasteiger partial charge >= 0.3 is 0 Å². The summed E-state index contributed by atoms with van der Waals surface area (Å²) in [4.78, 5) is 12.4. The molecule has 0 atom stereocenters. The second-order valence-corrected chi connectivity index (χ2v) is 6.67. The molecule has 132 valence electrons. The summed E-state index contributed by atoms with van der Waals surface area (Å²) < 4.78 is 6.07. The fourth-order valence-electron chi connectivity index (χ4n) is 2.29. The van der Waals surface area contributed by atoms with E-state index >= 15 is 0 Å². The molecule has 0 saturated carbocycles. The van der Waals surface area contributed by atoms with E-state index in [0.29, 0.717) is 28.8 Å². The lowest BCUT2D eigenvalue weighted by atomic mass is 10.1. The fraction of sp³-hybridized carbons (Fsp3) is 0.105. The SMILES string of the molecule is CCOc1ccc(-c2ccc(NC(=O)c3cc(Br)ccc3Cl)cc2)nn1. The predicted octanol–water partition coefficient (Wildman–Crippen LogP) is 5.21. The summed E-state index contributed by atoms with van der Waals surface area (Å²) in [7, 11) is 0. The Hall–Kier alpha value is -2.44. The van der Waals surface area contributed by atoms with Gasteiger partial charge in [-0.3, -0.25) is 4.79 Å². The molecule has 2 aromatic carbocycles. The number of benzene rings is 2. The predicted molar refractivity (Wildman–Crippen MR) is 106 cm³/mol. The number of carbonyl (C=O) groups is 1. The maximum absolute atomic E-state index is 12.4. The first kappa shape index (κ1) is 18.4. The van der Waals surface area contributed by atoms with Crippen molar-refractivity contribution in [2.45, 2.75) is 6.92 Å². The van der Waals surface area contributed by atoms with Crippen LogP contribution in [0, 0.1) is 0 Å². The lowest BCUT2D eigenvalue weighted by Gasteiger charge is -2.08. The zero-order valence-corrected chi connectivity index (χ0v) is 16.2. The van der Waals surface area contributed by atoms with Crippen LogP contribution < -0.4 is 10.1 Å². The van der Waals surface area contributed by atoms with Crippen molar-refractivity contribution in [1.29, 1.82) is 0 Å². The van der Waals surface area contributed by atoms with Crippen LogP contribution in [-0.2, 0) is 0 Å². The van der Waals surface area contributed by atoms with Crippen molar-refractivity contribution in [1.82, 2.24) is 10.2 Å². The van der Waals surface area contributed by atoms with Crippen LogP contribution in [0.4, 0.5) is 5.69 Å². The lowest BCUT2D eigenvalue weighted by molar-refractivity contribution is 0.102. The van der Waals surface area contributed by atoms with Crippen molar-refractivity contribution >= 4 is 39.1 Å². The highest BCUT2D eigenvalue weighted by Crippen LogP contribution is 2.24. The summed E-state index contributed by atoms with van der Waals surface area (Å²) in [6.07, 6.45) is 0. The first-order valence-electron chi connectivity index (χ1n) is 7.90. The lowest BCUT2D eigenvalue weighted by Crippen LogP contribution is -2.12. The van der Waals surface area contributed by atoms with E-state index in [-0.39, 0.29) is 5.91 Å². The van der Waals surface area contributed by atoms with Gasteiger partial charge in [0.05, 0.1) is 22.9 Å². The van der Waals surface area contributed by atoms with Gasteiger partial charge in [0.25, 0.3) is 5.91 Å². The van der Waals surface area contributed by atoms with Gasteiger partial charge in [-0.2, -0.15) is 0 Å². The van der Waals surface area contributed by atoms with Gasteiger partial charge in [0.15, 0.2) is 0 Å². The highest BCUT2D eigenvalue weighted by Gasteiger charge is 2.11. The Morgan fingerprint density at radius 1 is 1.12 bits per heavy atom. The molecule has 1 heterocycles. The number of halogens is 2. The fourth-order valence-corrected chi connectivity index (χ4v) is 2.86. The van der Waals surface area contributed by atoms with E-state index in [2.05, 4.69) is 31.4 Å². The van der Waals surface area contributed by atoms with Crippen molar-refractivity contribution in [3.05, 3.63) is 69.7 Å². The first-order valence-corrected chi connectivity index (χ1v) is 9.07. The number of nitrogens with zero attached hydrogens (tertiary/aromatic N) is 2. The van der Waals surface area contributed by atoms with E-state index in [9.17, 15) is 4.79 Å². The maximum atomic E-state index is 12.4. The number of ether oxygens (including phenoxy) is 1. The Morgan fingerprint density at radius 3 is 2.54 bits per heavy atom. The summed E-state index contributed by atoms with van der Waals surface area (Å²) in [6, 6.07) is 16.1. The van der Waals surface area contributed by atoms with E-state index in [4.69, 9.17) is 16.3 Å². The van der Waals surface area contributed by atoms with E-state index in [1.54, 1.807) is 36.4 Å². The molecule has 7 heteroatoms. The monoisotopic (exact) mass is 431 g/mol. The van der Waals surface area contributed by atoms with E-state index < -0.39 is 0 Å². The number of aromatic nitrogens is 2. The number of nitrogens with one attached hydrogen (secondary N) is 1. The van der Waals surface area contributed by atoms with Crippen LogP contribution in [0.1, 0.15) is 17.3 Å². The van der Waals surface area contributed by atoms with Crippen LogP contribution >= 0.6 is 27.5 Å². The Labute approximate surface area is 164 Å². The molecule has 26 heavy (non-hydrogen) atoms. The first-order chi connectivity index (χ1) is 12.6. The topological polar surface area (TPSA) is 64.1 Å². The number of carbonyl (C=O) groups excluding carboxylic acids is 1. The van der Waals surface area contributed by atoms with Gasteiger partial charge in [0.2, 0.25) is 5.88 Å². The average molecular weight is 433 g/mol. The molecule has 0 aliphatic carbocycles. The molecular formula is C19H15BrClN3O2. The van der Waals surface area contributed by atoms with Crippen molar-refractivity contribution in [2.75, 3.05) is 11.9 Å². The molecule has 0 radical (unpaired) electrons. The molecule has 0 saturated heterocycles. The van der Waals surface area contributed by atoms with Crippen LogP contribution in [0.3, 0.4) is 0 Å². The molecule has 0 aliphatic rings.